The highest BCUT2D eigenvalue weighted by Crippen LogP contribution is 2.38. The number of hydrogen-bond donors (Lipinski definition) is 0. The highest BCUT2D eigenvalue weighted by atomic mass is 15.1. The molecule has 0 saturated heterocycles. The summed E-state index contributed by atoms with van der Waals surface area (Å²) in [6.07, 6.45) is 2.37. The van der Waals surface area contributed by atoms with E-state index in [0.29, 0.717) is 0 Å². The molecule has 0 spiro atoms. The van der Waals surface area contributed by atoms with E-state index in [2.05, 4.69) is 155 Å². The first kappa shape index (κ1) is 21.9. The van der Waals surface area contributed by atoms with Gasteiger partial charge in [-0.05, 0) is 59.2 Å². The lowest BCUT2D eigenvalue weighted by molar-refractivity contribution is 0.858. The summed E-state index contributed by atoms with van der Waals surface area (Å²) in [6, 6.07) is 49.5. The van der Waals surface area contributed by atoms with Crippen molar-refractivity contribution >= 4 is 28.3 Å². The van der Waals surface area contributed by atoms with E-state index in [4.69, 9.17) is 0 Å². The molecule has 2 heteroatoms. The first-order valence-corrected chi connectivity index (χ1v) is 12.5. The Bertz CT molecular complexity index is 1420. The molecule has 36 heavy (non-hydrogen) atoms. The Kier molecular flexibility index (Phi) is 6.08. The molecule has 0 saturated carbocycles. The third-order valence-corrected chi connectivity index (χ3v) is 6.73. The number of hydrogen-bond acceptors (Lipinski definition) is 2. The molecule has 1 heterocycles. The standard InChI is InChI=1S/C34H28N2/c1-4-12-27(13-5-1)26-35-25-24-32(33-18-10-11-19-34(33)35)28-20-22-31(23-21-28)36(29-14-6-2-7-15-29)30-16-8-3-9-17-30/h1-24H,25-26H2. The number of nitrogens with zero attached hydrogens (tertiary/aromatic N) is 2. The lowest BCUT2D eigenvalue weighted by Crippen LogP contribution is -2.26. The van der Waals surface area contributed by atoms with Crippen LogP contribution in [-0.2, 0) is 6.54 Å². The molecule has 174 valence electrons. The normalized spacial score (nSPS) is 12.6. The molecule has 0 aliphatic carbocycles. The number of rotatable bonds is 6. The fraction of sp³-hybridized carbons (Fsp3) is 0.0588. The summed E-state index contributed by atoms with van der Waals surface area (Å²) in [7, 11) is 0. The Hall–Kier alpha value is -4.56. The third-order valence-electron chi connectivity index (χ3n) is 6.73. The van der Waals surface area contributed by atoms with Crippen molar-refractivity contribution in [1.29, 1.82) is 0 Å². The molecular formula is C34H28N2. The second-order valence-corrected chi connectivity index (χ2v) is 9.05. The van der Waals surface area contributed by atoms with E-state index >= 15 is 0 Å². The van der Waals surface area contributed by atoms with Crippen LogP contribution < -0.4 is 9.80 Å². The molecule has 0 unspecified atom stereocenters. The molecule has 0 N–H and O–H groups in total. The number of anilines is 4. The van der Waals surface area contributed by atoms with Crippen LogP contribution in [-0.4, -0.2) is 6.54 Å². The molecule has 5 aromatic rings. The van der Waals surface area contributed by atoms with Crippen molar-refractivity contribution in [2.75, 3.05) is 16.3 Å². The van der Waals surface area contributed by atoms with E-state index in [1.807, 2.05) is 0 Å². The maximum atomic E-state index is 2.45. The van der Waals surface area contributed by atoms with Crippen molar-refractivity contribution in [1.82, 2.24) is 0 Å². The first-order chi connectivity index (χ1) is 17.9. The number of benzene rings is 5. The molecule has 0 atom stereocenters. The Balaban J connectivity index is 1.33. The van der Waals surface area contributed by atoms with E-state index in [1.165, 1.54) is 28.0 Å². The zero-order valence-electron chi connectivity index (χ0n) is 20.2. The second-order valence-electron chi connectivity index (χ2n) is 9.05. The van der Waals surface area contributed by atoms with Crippen molar-refractivity contribution in [2.24, 2.45) is 0 Å². The van der Waals surface area contributed by atoms with Gasteiger partial charge in [0.2, 0.25) is 0 Å². The molecule has 6 rings (SSSR count). The molecule has 0 amide bonds. The summed E-state index contributed by atoms with van der Waals surface area (Å²) >= 11 is 0. The predicted octanol–water partition coefficient (Wildman–Crippen LogP) is 8.61. The van der Waals surface area contributed by atoms with E-state index in [1.54, 1.807) is 0 Å². The monoisotopic (exact) mass is 464 g/mol. The summed E-state index contributed by atoms with van der Waals surface area (Å²) < 4.78 is 0. The fourth-order valence-corrected chi connectivity index (χ4v) is 5.01. The lowest BCUT2D eigenvalue weighted by Gasteiger charge is -2.31. The summed E-state index contributed by atoms with van der Waals surface area (Å²) in [6.45, 7) is 1.80. The van der Waals surface area contributed by atoms with Gasteiger partial charge in [0, 0.05) is 41.4 Å². The molecule has 1 aliphatic rings. The predicted molar refractivity (Wildman–Crippen MR) is 152 cm³/mol. The van der Waals surface area contributed by atoms with Gasteiger partial charge in [0.05, 0.1) is 0 Å². The number of fused-ring (bicyclic) bond motifs is 1. The SMILES string of the molecule is C1=C(c2ccc(N(c3ccccc3)c3ccccc3)cc2)c2ccccc2N(Cc2ccccc2)C1. The van der Waals surface area contributed by atoms with Crippen molar-refractivity contribution in [3.63, 3.8) is 0 Å². The smallest absolute Gasteiger partial charge is 0.0462 e. The van der Waals surface area contributed by atoms with Crippen LogP contribution in [0.3, 0.4) is 0 Å². The maximum Gasteiger partial charge on any atom is 0.0462 e. The summed E-state index contributed by atoms with van der Waals surface area (Å²) in [4.78, 5) is 4.75. The Morgan fingerprint density at radius 2 is 1.06 bits per heavy atom. The zero-order valence-corrected chi connectivity index (χ0v) is 20.2. The molecule has 0 fully saturated rings. The first-order valence-electron chi connectivity index (χ1n) is 12.5. The maximum absolute atomic E-state index is 2.45. The van der Waals surface area contributed by atoms with Gasteiger partial charge >= 0.3 is 0 Å². The van der Waals surface area contributed by atoms with Crippen molar-refractivity contribution in [3.8, 4) is 0 Å². The van der Waals surface area contributed by atoms with Gasteiger partial charge in [-0.2, -0.15) is 0 Å². The topological polar surface area (TPSA) is 6.48 Å². The Morgan fingerprint density at radius 3 is 1.69 bits per heavy atom. The van der Waals surface area contributed by atoms with Crippen molar-refractivity contribution in [2.45, 2.75) is 6.54 Å². The lowest BCUT2D eigenvalue weighted by atomic mass is 9.92. The van der Waals surface area contributed by atoms with Gasteiger partial charge in [0.1, 0.15) is 0 Å². The van der Waals surface area contributed by atoms with Crippen LogP contribution in [0.15, 0.2) is 146 Å². The second kappa shape index (κ2) is 9.97. The molecule has 5 aromatic carbocycles. The Labute approximate surface area is 213 Å². The van der Waals surface area contributed by atoms with Gasteiger partial charge in [-0.15, -0.1) is 0 Å². The van der Waals surface area contributed by atoms with Gasteiger partial charge in [-0.1, -0.05) is 103 Å². The highest BCUT2D eigenvalue weighted by Gasteiger charge is 2.20. The van der Waals surface area contributed by atoms with Gasteiger partial charge in [0.25, 0.3) is 0 Å². The van der Waals surface area contributed by atoms with Gasteiger partial charge in [-0.3, -0.25) is 0 Å². The zero-order chi connectivity index (χ0) is 24.2. The summed E-state index contributed by atoms with van der Waals surface area (Å²) in [5, 5.41) is 0. The Morgan fingerprint density at radius 1 is 0.528 bits per heavy atom. The summed E-state index contributed by atoms with van der Waals surface area (Å²) in [5.74, 6) is 0. The average molecular weight is 465 g/mol. The minimum atomic E-state index is 0.892. The van der Waals surface area contributed by atoms with E-state index in [0.717, 1.165) is 30.2 Å². The van der Waals surface area contributed by atoms with Crippen LogP contribution in [0.1, 0.15) is 16.7 Å². The molecule has 0 radical (unpaired) electrons. The molecule has 0 bridgehead atoms. The van der Waals surface area contributed by atoms with Crippen LogP contribution in [0.4, 0.5) is 22.7 Å². The molecule has 2 nitrogen and oxygen atoms in total. The minimum absolute atomic E-state index is 0.892. The fourth-order valence-electron chi connectivity index (χ4n) is 5.01. The van der Waals surface area contributed by atoms with Crippen LogP contribution >= 0.6 is 0 Å². The molecule has 1 aliphatic heterocycles. The van der Waals surface area contributed by atoms with Gasteiger partial charge in [0.15, 0.2) is 0 Å². The van der Waals surface area contributed by atoms with Crippen molar-refractivity contribution in [3.05, 3.63) is 162 Å². The van der Waals surface area contributed by atoms with E-state index in [9.17, 15) is 0 Å². The van der Waals surface area contributed by atoms with E-state index in [-0.39, 0.29) is 0 Å². The average Bonchev–Trinajstić information content (AvgIpc) is 2.96. The van der Waals surface area contributed by atoms with Gasteiger partial charge < -0.3 is 9.80 Å². The minimum Gasteiger partial charge on any atom is -0.363 e. The van der Waals surface area contributed by atoms with Crippen LogP contribution in [0.25, 0.3) is 5.57 Å². The third kappa shape index (κ3) is 4.42. The summed E-state index contributed by atoms with van der Waals surface area (Å²) in [5.41, 5.74) is 9.89. The van der Waals surface area contributed by atoms with Crippen LogP contribution in [0.2, 0.25) is 0 Å². The quantitative estimate of drug-likeness (QED) is 0.248. The molecule has 0 aromatic heterocycles. The highest BCUT2D eigenvalue weighted by molar-refractivity contribution is 5.89. The number of para-hydroxylation sites is 3. The van der Waals surface area contributed by atoms with Crippen LogP contribution in [0.5, 0.6) is 0 Å². The van der Waals surface area contributed by atoms with Gasteiger partial charge in [-0.25, -0.2) is 0 Å². The van der Waals surface area contributed by atoms with Crippen molar-refractivity contribution < 1.29 is 0 Å². The largest absolute Gasteiger partial charge is 0.363 e. The van der Waals surface area contributed by atoms with E-state index < -0.39 is 0 Å². The van der Waals surface area contributed by atoms with Crippen LogP contribution in [0, 0.1) is 0 Å². The molecular weight excluding hydrogens is 436 g/mol.